The van der Waals surface area contributed by atoms with Crippen molar-refractivity contribution in [1.82, 2.24) is 10.2 Å². The van der Waals surface area contributed by atoms with Gasteiger partial charge in [-0.15, -0.1) is 0 Å². The molecule has 0 saturated carbocycles. The molecule has 1 amide bonds. The van der Waals surface area contributed by atoms with Crippen LogP contribution in [0.1, 0.15) is 19.4 Å². The number of H-pyrrole nitrogens is 1. The number of aromatic amines is 1. The summed E-state index contributed by atoms with van der Waals surface area (Å²) in [5.41, 5.74) is 1.34. The molecule has 136 valence electrons. The molecule has 7 heteroatoms. The standard InChI is InChI=1S/C17H14FN3O3.C2H6/c18-11-2-3-12-13(9-11)20-21-17(12)19-16(22)8-10-1-4-14-15(7-10)24-6-5-23-14;1-2/h1-4,7,9H,5-6,8H2,(H2,19,20,21,22);1-2H3. The average molecular weight is 357 g/mol. The van der Waals surface area contributed by atoms with Crippen LogP contribution in [0.2, 0.25) is 0 Å². The Labute approximate surface area is 150 Å². The van der Waals surface area contributed by atoms with Crippen molar-refractivity contribution in [2.75, 3.05) is 18.5 Å². The van der Waals surface area contributed by atoms with Gasteiger partial charge in [-0.2, -0.15) is 5.10 Å². The van der Waals surface area contributed by atoms with Gasteiger partial charge >= 0.3 is 0 Å². The van der Waals surface area contributed by atoms with Gasteiger partial charge in [-0.25, -0.2) is 4.39 Å². The van der Waals surface area contributed by atoms with Gasteiger partial charge in [0.2, 0.25) is 5.91 Å². The fraction of sp³-hybridized carbons (Fsp3) is 0.263. The van der Waals surface area contributed by atoms with Crippen molar-refractivity contribution >= 4 is 22.6 Å². The van der Waals surface area contributed by atoms with E-state index in [4.69, 9.17) is 9.47 Å². The maximum absolute atomic E-state index is 13.2. The van der Waals surface area contributed by atoms with E-state index in [0.29, 0.717) is 41.4 Å². The van der Waals surface area contributed by atoms with Crippen LogP contribution in [0.4, 0.5) is 10.2 Å². The Hall–Kier alpha value is -3.09. The monoisotopic (exact) mass is 357 g/mol. The molecule has 0 saturated heterocycles. The summed E-state index contributed by atoms with van der Waals surface area (Å²) in [5.74, 6) is 1.13. The molecular formula is C19H20FN3O3. The van der Waals surface area contributed by atoms with Crippen molar-refractivity contribution in [3.63, 3.8) is 0 Å². The fourth-order valence-corrected chi connectivity index (χ4v) is 2.65. The summed E-state index contributed by atoms with van der Waals surface area (Å²) >= 11 is 0. The number of ether oxygens (including phenoxy) is 2. The maximum Gasteiger partial charge on any atom is 0.230 e. The molecule has 0 unspecified atom stereocenters. The number of amides is 1. The normalized spacial score (nSPS) is 12.3. The van der Waals surface area contributed by atoms with E-state index in [9.17, 15) is 9.18 Å². The Balaban J connectivity index is 0.000000948. The second-order valence-electron chi connectivity index (χ2n) is 5.47. The van der Waals surface area contributed by atoms with Crippen LogP contribution in [0.3, 0.4) is 0 Å². The first-order valence-electron chi connectivity index (χ1n) is 8.51. The number of carbonyl (C=O) groups excluding carboxylic acids is 1. The van der Waals surface area contributed by atoms with Crippen molar-refractivity contribution in [1.29, 1.82) is 0 Å². The molecule has 4 rings (SSSR count). The highest BCUT2D eigenvalue weighted by molar-refractivity contribution is 6.00. The lowest BCUT2D eigenvalue weighted by atomic mass is 10.1. The fourth-order valence-electron chi connectivity index (χ4n) is 2.65. The van der Waals surface area contributed by atoms with Crippen molar-refractivity contribution < 1.29 is 18.7 Å². The van der Waals surface area contributed by atoms with E-state index in [1.807, 2.05) is 19.9 Å². The van der Waals surface area contributed by atoms with E-state index in [-0.39, 0.29) is 18.1 Å². The molecule has 2 aromatic carbocycles. The number of carbonyl (C=O) groups is 1. The van der Waals surface area contributed by atoms with Gasteiger partial charge in [0, 0.05) is 5.39 Å². The zero-order chi connectivity index (χ0) is 18.5. The predicted octanol–water partition coefficient (Wildman–Crippen LogP) is 3.68. The summed E-state index contributed by atoms with van der Waals surface area (Å²) in [6.45, 7) is 5.03. The van der Waals surface area contributed by atoms with E-state index in [1.165, 1.54) is 12.1 Å². The van der Waals surface area contributed by atoms with Crippen molar-refractivity contribution in [2.45, 2.75) is 20.3 Å². The Kier molecular flexibility index (Phi) is 5.36. The molecule has 2 heterocycles. The molecule has 1 aliphatic heterocycles. The van der Waals surface area contributed by atoms with E-state index in [2.05, 4.69) is 15.5 Å². The number of nitrogens with zero attached hydrogens (tertiary/aromatic N) is 1. The summed E-state index contributed by atoms with van der Waals surface area (Å²) in [7, 11) is 0. The molecule has 0 bridgehead atoms. The Morgan fingerprint density at radius 1 is 1.15 bits per heavy atom. The summed E-state index contributed by atoms with van der Waals surface area (Å²) < 4.78 is 24.1. The highest BCUT2D eigenvalue weighted by Gasteiger charge is 2.14. The SMILES string of the molecule is CC.O=C(Cc1ccc2c(c1)OCCO2)Nc1n[nH]c2cc(F)ccc12. The number of halogens is 1. The number of nitrogens with one attached hydrogen (secondary N) is 2. The van der Waals surface area contributed by atoms with Gasteiger partial charge < -0.3 is 14.8 Å². The zero-order valence-electron chi connectivity index (χ0n) is 14.6. The molecule has 1 aliphatic rings. The lowest BCUT2D eigenvalue weighted by molar-refractivity contribution is -0.115. The highest BCUT2D eigenvalue weighted by Crippen LogP contribution is 2.31. The molecule has 2 N–H and O–H groups in total. The molecule has 1 aromatic heterocycles. The third-order valence-electron chi connectivity index (χ3n) is 3.75. The van der Waals surface area contributed by atoms with Crippen molar-refractivity contribution in [2.24, 2.45) is 0 Å². The molecule has 0 atom stereocenters. The van der Waals surface area contributed by atoms with Crippen LogP contribution in [0, 0.1) is 5.82 Å². The minimum atomic E-state index is -0.361. The lowest BCUT2D eigenvalue weighted by Crippen LogP contribution is -2.17. The average Bonchev–Trinajstić information content (AvgIpc) is 3.05. The number of hydrogen-bond acceptors (Lipinski definition) is 4. The van der Waals surface area contributed by atoms with Gasteiger partial charge in [-0.05, 0) is 35.9 Å². The van der Waals surface area contributed by atoms with E-state index >= 15 is 0 Å². The first kappa shape index (κ1) is 17.7. The summed E-state index contributed by atoms with van der Waals surface area (Å²) in [6, 6.07) is 9.65. The van der Waals surface area contributed by atoms with E-state index in [1.54, 1.807) is 18.2 Å². The molecular weight excluding hydrogens is 337 g/mol. The van der Waals surface area contributed by atoms with E-state index < -0.39 is 0 Å². The van der Waals surface area contributed by atoms with E-state index in [0.717, 1.165) is 5.56 Å². The Morgan fingerprint density at radius 3 is 2.73 bits per heavy atom. The summed E-state index contributed by atoms with van der Waals surface area (Å²) in [6.07, 6.45) is 0.173. The number of hydrogen-bond donors (Lipinski definition) is 2. The third kappa shape index (κ3) is 3.77. The lowest BCUT2D eigenvalue weighted by Gasteiger charge is -2.18. The van der Waals surface area contributed by atoms with Crippen LogP contribution in [-0.4, -0.2) is 29.3 Å². The van der Waals surface area contributed by atoms with Crippen LogP contribution in [0.25, 0.3) is 10.9 Å². The molecule has 0 spiro atoms. The summed E-state index contributed by atoms with van der Waals surface area (Å²) in [5, 5.41) is 10.1. The first-order chi connectivity index (χ1) is 12.7. The molecule has 6 nitrogen and oxygen atoms in total. The highest BCUT2D eigenvalue weighted by atomic mass is 19.1. The molecule has 3 aromatic rings. The first-order valence-corrected chi connectivity index (χ1v) is 8.51. The molecule has 0 fully saturated rings. The Bertz CT molecular complexity index is 924. The smallest absolute Gasteiger partial charge is 0.230 e. The zero-order valence-corrected chi connectivity index (χ0v) is 14.6. The molecule has 0 radical (unpaired) electrons. The predicted molar refractivity (Wildman–Crippen MR) is 97.2 cm³/mol. The van der Waals surface area contributed by atoms with Crippen molar-refractivity contribution in [3.8, 4) is 11.5 Å². The van der Waals surface area contributed by atoms with Crippen LogP contribution in [-0.2, 0) is 11.2 Å². The topological polar surface area (TPSA) is 76.2 Å². The second-order valence-corrected chi connectivity index (χ2v) is 5.47. The number of rotatable bonds is 3. The molecule has 26 heavy (non-hydrogen) atoms. The van der Waals surface area contributed by atoms with Gasteiger partial charge in [-0.3, -0.25) is 9.89 Å². The second kappa shape index (κ2) is 7.86. The van der Waals surface area contributed by atoms with Crippen LogP contribution in [0.5, 0.6) is 11.5 Å². The number of fused-ring (bicyclic) bond motifs is 2. The van der Waals surface area contributed by atoms with Crippen molar-refractivity contribution in [3.05, 3.63) is 47.8 Å². The largest absolute Gasteiger partial charge is 0.486 e. The third-order valence-corrected chi connectivity index (χ3v) is 3.75. The van der Waals surface area contributed by atoms with Gasteiger partial charge in [-0.1, -0.05) is 19.9 Å². The minimum Gasteiger partial charge on any atom is -0.486 e. The van der Waals surface area contributed by atoms with Gasteiger partial charge in [0.05, 0.1) is 11.9 Å². The van der Waals surface area contributed by atoms with Crippen LogP contribution in [0.15, 0.2) is 36.4 Å². The number of aromatic nitrogens is 2. The minimum absolute atomic E-state index is 0.173. The maximum atomic E-state index is 13.2. The van der Waals surface area contributed by atoms with Crippen LogP contribution >= 0.6 is 0 Å². The molecule has 0 aliphatic carbocycles. The van der Waals surface area contributed by atoms with Gasteiger partial charge in [0.15, 0.2) is 17.3 Å². The quantitative estimate of drug-likeness (QED) is 0.750. The van der Waals surface area contributed by atoms with Gasteiger partial charge in [0.1, 0.15) is 19.0 Å². The number of benzene rings is 2. The number of anilines is 1. The summed E-state index contributed by atoms with van der Waals surface area (Å²) in [4.78, 5) is 12.2. The van der Waals surface area contributed by atoms with Crippen LogP contribution < -0.4 is 14.8 Å². The Morgan fingerprint density at radius 2 is 1.92 bits per heavy atom. The van der Waals surface area contributed by atoms with Gasteiger partial charge in [0.25, 0.3) is 0 Å².